The quantitative estimate of drug-likeness (QED) is 0.429. The third-order valence-electron chi connectivity index (χ3n) is 5.57. The number of guanidine groups is 1. The minimum atomic E-state index is -0.828. The summed E-state index contributed by atoms with van der Waals surface area (Å²) in [6.45, 7) is 4.58. The molecule has 0 amide bonds. The second-order valence-corrected chi connectivity index (χ2v) is 7.73. The van der Waals surface area contributed by atoms with Crippen molar-refractivity contribution in [1.29, 1.82) is 0 Å². The van der Waals surface area contributed by atoms with Crippen LogP contribution in [0.2, 0.25) is 0 Å². The summed E-state index contributed by atoms with van der Waals surface area (Å²) in [6, 6.07) is 12.3. The van der Waals surface area contributed by atoms with E-state index in [0.717, 1.165) is 31.6 Å². The molecule has 3 N–H and O–H groups in total. The van der Waals surface area contributed by atoms with Crippen molar-refractivity contribution in [3.05, 3.63) is 53.8 Å². The first-order valence-corrected chi connectivity index (χ1v) is 11.0. The molecule has 1 fully saturated rings. The van der Waals surface area contributed by atoms with Crippen LogP contribution in [0.25, 0.3) is 0 Å². The number of nitrogens with zero attached hydrogens (tertiary/aromatic N) is 2. The van der Waals surface area contributed by atoms with Crippen molar-refractivity contribution in [1.82, 2.24) is 10.6 Å². The van der Waals surface area contributed by atoms with Crippen molar-refractivity contribution in [3.63, 3.8) is 0 Å². The second kappa shape index (κ2) is 11.6. The Morgan fingerprint density at radius 3 is 2.62 bits per heavy atom. The molecule has 1 aliphatic rings. The molecule has 0 radical (unpaired) electrons. The van der Waals surface area contributed by atoms with Crippen molar-refractivity contribution in [3.8, 4) is 11.5 Å². The molecule has 0 bridgehead atoms. The number of benzene rings is 2. The lowest BCUT2D eigenvalue weighted by Crippen LogP contribution is -2.49. The zero-order valence-electron chi connectivity index (χ0n) is 19.0. The van der Waals surface area contributed by atoms with E-state index < -0.39 is 6.10 Å². The zero-order chi connectivity index (χ0) is 22.9. The highest BCUT2D eigenvalue weighted by molar-refractivity contribution is 5.80. The fourth-order valence-electron chi connectivity index (χ4n) is 3.84. The van der Waals surface area contributed by atoms with Gasteiger partial charge in [0, 0.05) is 36.9 Å². The Kier molecular flexibility index (Phi) is 8.56. The van der Waals surface area contributed by atoms with Crippen LogP contribution in [0, 0.1) is 5.82 Å². The number of aliphatic hydroxyl groups excluding tert-OH is 1. The van der Waals surface area contributed by atoms with Crippen LogP contribution in [0.5, 0.6) is 11.5 Å². The van der Waals surface area contributed by atoms with E-state index in [2.05, 4.69) is 20.5 Å². The molecule has 1 atom stereocenters. The molecule has 32 heavy (non-hydrogen) atoms. The number of rotatable bonds is 8. The summed E-state index contributed by atoms with van der Waals surface area (Å²) < 4.78 is 24.2. The molecule has 1 saturated heterocycles. The SMILES string of the molecule is CCNC(=NCC(O)c1cc(OC)ccc1OC)NC1CCN(c2cccc(F)c2)CC1. The molecule has 2 aromatic rings. The Morgan fingerprint density at radius 2 is 1.97 bits per heavy atom. The van der Waals surface area contributed by atoms with Crippen LogP contribution >= 0.6 is 0 Å². The maximum atomic E-state index is 13.5. The molecule has 1 heterocycles. The van der Waals surface area contributed by atoms with Crippen LogP contribution in [0.15, 0.2) is 47.5 Å². The van der Waals surface area contributed by atoms with E-state index in [9.17, 15) is 9.50 Å². The summed E-state index contributed by atoms with van der Waals surface area (Å²) in [6.07, 6.45) is 0.991. The summed E-state index contributed by atoms with van der Waals surface area (Å²) in [4.78, 5) is 6.79. The molecule has 1 unspecified atom stereocenters. The van der Waals surface area contributed by atoms with Crippen molar-refractivity contribution in [2.75, 3.05) is 45.3 Å². The van der Waals surface area contributed by atoms with Crippen LogP contribution < -0.4 is 25.0 Å². The molecule has 3 rings (SSSR count). The molecule has 0 spiro atoms. The molecule has 0 saturated carbocycles. The van der Waals surface area contributed by atoms with Gasteiger partial charge in [-0.05, 0) is 56.2 Å². The predicted molar refractivity (Wildman–Crippen MR) is 125 cm³/mol. The standard InChI is InChI=1S/C24H33FN4O3/c1-4-26-24(27-16-22(30)21-15-20(31-2)8-9-23(21)32-3)28-18-10-12-29(13-11-18)19-7-5-6-17(25)14-19/h5-9,14-15,18,22,30H,4,10-13,16H2,1-3H3,(H2,26,27,28). The van der Waals surface area contributed by atoms with E-state index >= 15 is 0 Å². The summed E-state index contributed by atoms with van der Waals surface area (Å²) in [5, 5.41) is 17.4. The number of ether oxygens (including phenoxy) is 2. The zero-order valence-corrected chi connectivity index (χ0v) is 19.0. The lowest BCUT2D eigenvalue weighted by Gasteiger charge is -2.34. The molecule has 2 aromatic carbocycles. The third-order valence-corrected chi connectivity index (χ3v) is 5.57. The van der Waals surface area contributed by atoms with Gasteiger partial charge in [-0.1, -0.05) is 6.07 Å². The summed E-state index contributed by atoms with van der Waals surface area (Å²) >= 11 is 0. The highest BCUT2D eigenvalue weighted by atomic mass is 19.1. The van der Waals surface area contributed by atoms with E-state index in [1.165, 1.54) is 6.07 Å². The molecular formula is C24H33FN4O3. The van der Waals surface area contributed by atoms with Gasteiger partial charge in [-0.15, -0.1) is 0 Å². The van der Waals surface area contributed by atoms with Crippen LogP contribution in [0.3, 0.4) is 0 Å². The fraction of sp³-hybridized carbons (Fsp3) is 0.458. The molecule has 0 aromatic heterocycles. The number of aliphatic imine (C=N–C) groups is 1. The second-order valence-electron chi connectivity index (χ2n) is 7.73. The topological polar surface area (TPSA) is 78.4 Å². The van der Waals surface area contributed by atoms with E-state index in [1.54, 1.807) is 44.6 Å². The van der Waals surface area contributed by atoms with Crippen LogP contribution in [-0.2, 0) is 0 Å². The summed E-state index contributed by atoms with van der Waals surface area (Å²) in [5.74, 6) is 1.70. The van der Waals surface area contributed by atoms with Crippen LogP contribution in [0.1, 0.15) is 31.4 Å². The molecule has 7 nitrogen and oxygen atoms in total. The number of nitrogens with one attached hydrogen (secondary N) is 2. The molecule has 174 valence electrons. The van der Waals surface area contributed by atoms with Crippen LogP contribution in [-0.4, -0.2) is 57.5 Å². The Hall–Kier alpha value is -3.00. The van der Waals surface area contributed by atoms with Crippen molar-refractivity contribution >= 4 is 11.6 Å². The van der Waals surface area contributed by atoms with Crippen molar-refractivity contribution in [2.45, 2.75) is 31.9 Å². The largest absolute Gasteiger partial charge is 0.497 e. The first-order valence-electron chi connectivity index (χ1n) is 11.0. The number of anilines is 1. The molecular weight excluding hydrogens is 411 g/mol. The number of aliphatic hydroxyl groups is 1. The van der Waals surface area contributed by atoms with Gasteiger partial charge in [-0.25, -0.2) is 4.39 Å². The Labute approximate surface area is 189 Å². The number of hydrogen-bond acceptors (Lipinski definition) is 5. The Morgan fingerprint density at radius 1 is 1.19 bits per heavy atom. The Bertz CT molecular complexity index is 901. The van der Waals surface area contributed by atoms with Gasteiger partial charge in [0.25, 0.3) is 0 Å². The van der Waals surface area contributed by atoms with Gasteiger partial charge in [0.15, 0.2) is 5.96 Å². The van der Waals surface area contributed by atoms with Crippen molar-refractivity contribution < 1.29 is 19.0 Å². The first-order chi connectivity index (χ1) is 15.5. The third kappa shape index (κ3) is 6.26. The van der Waals surface area contributed by atoms with Gasteiger partial charge in [0.2, 0.25) is 0 Å². The van der Waals surface area contributed by atoms with E-state index in [0.29, 0.717) is 29.6 Å². The van der Waals surface area contributed by atoms with E-state index in [1.807, 2.05) is 13.0 Å². The lowest BCUT2D eigenvalue weighted by molar-refractivity contribution is 0.182. The van der Waals surface area contributed by atoms with E-state index in [4.69, 9.17) is 9.47 Å². The molecule has 0 aliphatic carbocycles. The van der Waals surface area contributed by atoms with Gasteiger partial charge >= 0.3 is 0 Å². The molecule has 1 aliphatic heterocycles. The van der Waals surface area contributed by atoms with Crippen LogP contribution in [0.4, 0.5) is 10.1 Å². The minimum absolute atomic E-state index is 0.182. The average Bonchev–Trinajstić information content (AvgIpc) is 2.82. The number of hydrogen-bond donors (Lipinski definition) is 3. The van der Waals surface area contributed by atoms with Gasteiger partial charge < -0.3 is 30.1 Å². The number of methoxy groups -OCH3 is 2. The Balaban J connectivity index is 1.60. The number of piperidine rings is 1. The monoisotopic (exact) mass is 444 g/mol. The van der Waals surface area contributed by atoms with E-state index in [-0.39, 0.29) is 18.4 Å². The first kappa shape index (κ1) is 23.7. The highest BCUT2D eigenvalue weighted by Gasteiger charge is 2.21. The summed E-state index contributed by atoms with van der Waals surface area (Å²) in [7, 11) is 3.16. The lowest BCUT2D eigenvalue weighted by atomic mass is 10.0. The maximum absolute atomic E-state index is 13.5. The maximum Gasteiger partial charge on any atom is 0.191 e. The minimum Gasteiger partial charge on any atom is -0.497 e. The molecule has 8 heteroatoms. The van der Waals surface area contributed by atoms with Gasteiger partial charge in [0.1, 0.15) is 23.4 Å². The van der Waals surface area contributed by atoms with Gasteiger partial charge in [-0.2, -0.15) is 0 Å². The number of halogens is 1. The normalized spacial score (nSPS) is 15.9. The predicted octanol–water partition coefficient (Wildman–Crippen LogP) is 3.10. The fourth-order valence-corrected chi connectivity index (χ4v) is 3.84. The average molecular weight is 445 g/mol. The smallest absolute Gasteiger partial charge is 0.191 e. The van der Waals surface area contributed by atoms with Gasteiger partial charge in [0.05, 0.1) is 20.8 Å². The van der Waals surface area contributed by atoms with Crippen molar-refractivity contribution in [2.24, 2.45) is 4.99 Å². The van der Waals surface area contributed by atoms with Gasteiger partial charge in [-0.3, -0.25) is 4.99 Å². The highest BCUT2D eigenvalue weighted by Crippen LogP contribution is 2.29. The summed E-state index contributed by atoms with van der Waals surface area (Å²) in [5.41, 5.74) is 1.55.